The highest BCUT2D eigenvalue weighted by atomic mass is 32.2. The van der Waals surface area contributed by atoms with Crippen LogP contribution in [0.25, 0.3) is 0 Å². The van der Waals surface area contributed by atoms with E-state index in [1.54, 1.807) is 11.0 Å². The van der Waals surface area contributed by atoms with Crippen molar-refractivity contribution in [2.45, 2.75) is 42.5 Å². The number of carbonyl (C=O) groups excluding carboxylic acids is 1. The Bertz CT molecular complexity index is 1310. The van der Waals surface area contributed by atoms with Crippen molar-refractivity contribution in [3.05, 3.63) is 71.5 Å². The van der Waals surface area contributed by atoms with Gasteiger partial charge in [0.1, 0.15) is 5.75 Å². The zero-order chi connectivity index (χ0) is 29.6. The number of sulfonamides is 1. The van der Waals surface area contributed by atoms with Gasteiger partial charge in [-0.25, -0.2) is 8.42 Å². The van der Waals surface area contributed by atoms with Gasteiger partial charge in [-0.15, -0.1) is 0 Å². The Kier molecular flexibility index (Phi) is 9.95. The summed E-state index contributed by atoms with van der Waals surface area (Å²) in [5.74, 6) is -0.248. The smallest absolute Gasteiger partial charge is 0.416 e. The van der Waals surface area contributed by atoms with Crippen LogP contribution in [0.2, 0.25) is 0 Å². The molecule has 2 heterocycles. The molecule has 0 saturated carbocycles. The van der Waals surface area contributed by atoms with Gasteiger partial charge in [0.25, 0.3) is 5.91 Å². The minimum atomic E-state index is -4.47. The van der Waals surface area contributed by atoms with Crippen molar-refractivity contribution in [3.63, 3.8) is 0 Å². The minimum Gasteiger partial charge on any atom is -0.497 e. The highest BCUT2D eigenvalue weighted by molar-refractivity contribution is 7.89. The topological polar surface area (TPSA) is 106 Å². The first kappa shape index (κ1) is 30.8. The number of halogens is 3. The summed E-state index contributed by atoms with van der Waals surface area (Å²) in [4.78, 5) is 14.8. The Labute approximate surface area is 237 Å². The largest absolute Gasteiger partial charge is 0.497 e. The number of nitrogens with zero attached hydrogens (tertiary/aromatic N) is 2. The van der Waals surface area contributed by atoms with Crippen molar-refractivity contribution in [3.8, 4) is 5.75 Å². The van der Waals surface area contributed by atoms with Crippen molar-refractivity contribution in [2.24, 2.45) is 0 Å². The van der Waals surface area contributed by atoms with Crippen LogP contribution in [-0.2, 0) is 30.5 Å². The number of hydrogen-bond acceptors (Lipinski definition) is 7. The molecular formula is C28H33F3N2O7S. The third kappa shape index (κ3) is 7.59. The summed E-state index contributed by atoms with van der Waals surface area (Å²) in [5.41, 5.74) is -0.217. The number of rotatable bonds is 11. The van der Waals surface area contributed by atoms with Gasteiger partial charge < -0.3 is 24.2 Å². The lowest BCUT2D eigenvalue weighted by Gasteiger charge is -2.31. The van der Waals surface area contributed by atoms with E-state index in [4.69, 9.17) is 14.2 Å². The first-order chi connectivity index (χ1) is 19.5. The highest BCUT2D eigenvalue weighted by Crippen LogP contribution is 2.35. The number of allylic oxidation sites excluding steroid dienone is 1. The number of amides is 1. The third-order valence-corrected chi connectivity index (χ3v) is 8.93. The van der Waals surface area contributed by atoms with Crippen molar-refractivity contribution in [2.75, 3.05) is 46.5 Å². The molecule has 9 nitrogen and oxygen atoms in total. The molecule has 2 aromatic carbocycles. The Morgan fingerprint density at radius 1 is 1.07 bits per heavy atom. The Morgan fingerprint density at radius 2 is 1.73 bits per heavy atom. The van der Waals surface area contributed by atoms with E-state index >= 15 is 0 Å². The minimum absolute atomic E-state index is 0.0180. The quantitative estimate of drug-likeness (QED) is 0.420. The first-order valence-corrected chi connectivity index (χ1v) is 14.7. The van der Waals surface area contributed by atoms with Crippen LogP contribution in [0.3, 0.4) is 0 Å². The zero-order valence-corrected chi connectivity index (χ0v) is 23.4. The molecular weight excluding hydrogens is 565 g/mol. The van der Waals surface area contributed by atoms with Crippen molar-refractivity contribution in [1.82, 2.24) is 9.21 Å². The second kappa shape index (κ2) is 13.2. The summed E-state index contributed by atoms with van der Waals surface area (Å²) in [6, 6.07) is 10.6. The summed E-state index contributed by atoms with van der Waals surface area (Å²) < 4.78 is 83.5. The van der Waals surface area contributed by atoms with Gasteiger partial charge in [0.15, 0.2) is 5.76 Å². The van der Waals surface area contributed by atoms with Crippen molar-refractivity contribution in [1.29, 1.82) is 0 Å². The monoisotopic (exact) mass is 598 g/mol. The van der Waals surface area contributed by atoms with Crippen LogP contribution in [0, 0.1) is 0 Å². The summed E-state index contributed by atoms with van der Waals surface area (Å²) in [6.45, 7) is 0.340. The first-order valence-electron chi connectivity index (χ1n) is 13.2. The Hall–Kier alpha value is -3.13. The average molecular weight is 599 g/mol. The molecule has 0 spiro atoms. The molecule has 2 atom stereocenters. The summed E-state index contributed by atoms with van der Waals surface area (Å²) >= 11 is 0. The van der Waals surface area contributed by atoms with Gasteiger partial charge in [-0.3, -0.25) is 4.79 Å². The van der Waals surface area contributed by atoms with Gasteiger partial charge in [0.2, 0.25) is 16.3 Å². The average Bonchev–Trinajstić information content (AvgIpc) is 3.51. The molecule has 224 valence electrons. The van der Waals surface area contributed by atoms with Gasteiger partial charge in [-0.2, -0.15) is 17.5 Å². The van der Waals surface area contributed by atoms with Crippen molar-refractivity contribution < 1.29 is 45.7 Å². The maximum atomic E-state index is 13.2. The molecule has 0 aromatic heterocycles. The summed E-state index contributed by atoms with van der Waals surface area (Å²) in [6.07, 6.45) is -1.88. The van der Waals surface area contributed by atoms with Crippen LogP contribution in [0.1, 0.15) is 36.3 Å². The molecule has 1 saturated heterocycles. The van der Waals surface area contributed by atoms with Gasteiger partial charge in [0, 0.05) is 38.5 Å². The normalized spacial score (nSPS) is 19.7. The van der Waals surface area contributed by atoms with Gasteiger partial charge in [-0.05, 0) is 60.9 Å². The van der Waals surface area contributed by atoms with Gasteiger partial charge in [0.05, 0.1) is 30.8 Å². The molecule has 1 fully saturated rings. The molecule has 0 bridgehead atoms. The number of ether oxygens (including phenoxy) is 3. The fraction of sp³-hybridized carbons (Fsp3) is 0.464. The van der Waals surface area contributed by atoms with Crippen LogP contribution in [-0.4, -0.2) is 81.4 Å². The fourth-order valence-electron chi connectivity index (χ4n) is 4.78. The molecule has 0 radical (unpaired) electrons. The maximum Gasteiger partial charge on any atom is 0.416 e. The summed E-state index contributed by atoms with van der Waals surface area (Å²) in [7, 11) is -2.50. The second-order valence-electron chi connectivity index (χ2n) is 9.71. The lowest BCUT2D eigenvalue weighted by atomic mass is 9.92. The van der Waals surface area contributed by atoms with Crippen LogP contribution in [0.15, 0.2) is 65.3 Å². The van der Waals surface area contributed by atoms with Gasteiger partial charge in [-0.1, -0.05) is 12.1 Å². The lowest BCUT2D eigenvalue weighted by Crippen LogP contribution is -2.38. The lowest BCUT2D eigenvalue weighted by molar-refractivity contribution is -0.152. The van der Waals surface area contributed by atoms with E-state index < -0.39 is 40.6 Å². The molecule has 2 aromatic rings. The predicted octanol–water partition coefficient (Wildman–Crippen LogP) is 3.75. The standard InChI is InChI=1S/C28H33F3N2O7S/c1-38-23-8-10-24(11-9-23)41(36,37)33(14-16-34)15-17-39-26-19-21(20-4-6-22(7-5-20)28(29,30)31)18-25(40-26)27(35)32-12-2-3-13-32/h4-11,18,21,26,34H,2-3,12-17,19H2,1H3/t21-,26+/m1/s1. The second-order valence-corrected chi connectivity index (χ2v) is 11.7. The number of alkyl halides is 3. The molecule has 2 aliphatic rings. The van der Waals surface area contributed by atoms with E-state index in [1.165, 1.54) is 43.5 Å². The third-order valence-electron chi connectivity index (χ3n) is 7.02. The van der Waals surface area contributed by atoms with Crippen LogP contribution < -0.4 is 4.74 Å². The van der Waals surface area contributed by atoms with E-state index in [9.17, 15) is 31.5 Å². The molecule has 0 unspecified atom stereocenters. The molecule has 1 N–H and O–H groups in total. The maximum absolute atomic E-state index is 13.2. The van der Waals surface area contributed by atoms with Crippen LogP contribution in [0.4, 0.5) is 13.2 Å². The fourth-order valence-corrected chi connectivity index (χ4v) is 6.20. The highest BCUT2D eigenvalue weighted by Gasteiger charge is 2.34. The molecule has 13 heteroatoms. The Balaban J connectivity index is 1.48. The summed E-state index contributed by atoms with van der Waals surface area (Å²) in [5, 5.41) is 9.50. The molecule has 2 aliphatic heterocycles. The number of carbonyl (C=O) groups is 1. The zero-order valence-electron chi connectivity index (χ0n) is 22.5. The molecule has 4 rings (SSSR count). The van der Waals surface area contributed by atoms with Crippen LogP contribution in [0.5, 0.6) is 5.75 Å². The molecule has 0 aliphatic carbocycles. The number of likely N-dealkylation sites (tertiary alicyclic amines) is 1. The predicted molar refractivity (Wildman–Crippen MR) is 142 cm³/mol. The van der Waals surface area contributed by atoms with E-state index in [-0.39, 0.29) is 42.7 Å². The van der Waals surface area contributed by atoms with E-state index in [2.05, 4.69) is 0 Å². The van der Waals surface area contributed by atoms with Crippen molar-refractivity contribution >= 4 is 15.9 Å². The van der Waals surface area contributed by atoms with E-state index in [0.717, 1.165) is 29.3 Å². The molecule has 1 amide bonds. The number of aliphatic hydroxyl groups is 1. The number of hydrogen-bond donors (Lipinski definition) is 1. The van der Waals surface area contributed by atoms with E-state index in [1.807, 2.05) is 0 Å². The Morgan fingerprint density at radius 3 is 2.32 bits per heavy atom. The van der Waals surface area contributed by atoms with Crippen LogP contribution >= 0.6 is 0 Å². The number of benzene rings is 2. The number of aliphatic hydroxyl groups excluding tert-OH is 1. The number of methoxy groups -OCH3 is 1. The van der Waals surface area contributed by atoms with Gasteiger partial charge >= 0.3 is 6.18 Å². The SMILES string of the molecule is COc1ccc(S(=O)(=O)N(CCO)CCO[C@@H]2C[C@H](c3ccc(C(F)(F)F)cc3)C=C(C(=O)N3CCCC3)O2)cc1. The van der Waals surface area contributed by atoms with E-state index in [0.29, 0.717) is 24.4 Å². The molecule has 41 heavy (non-hydrogen) atoms.